The Morgan fingerprint density at radius 2 is 2.17 bits per heavy atom. The van der Waals surface area contributed by atoms with Crippen LogP contribution in [0.25, 0.3) is 10.9 Å². The summed E-state index contributed by atoms with van der Waals surface area (Å²) in [7, 11) is 0. The molecule has 1 aromatic carbocycles. The number of aromatic nitrogens is 2. The van der Waals surface area contributed by atoms with Gasteiger partial charge in [0.2, 0.25) is 5.69 Å². The van der Waals surface area contributed by atoms with E-state index in [-0.39, 0.29) is 11.4 Å². The molecule has 0 bridgehead atoms. The maximum Gasteiger partial charge on any atom is 0.360 e. The highest BCUT2D eigenvalue weighted by Gasteiger charge is 2.17. The first-order valence-electron chi connectivity index (χ1n) is 5.46. The first-order valence-corrected chi connectivity index (χ1v) is 5.46. The zero-order valence-electron chi connectivity index (χ0n) is 9.67. The number of ether oxygens (including phenoxy) is 1. The summed E-state index contributed by atoms with van der Waals surface area (Å²) in [6.07, 6.45) is 2.34. The van der Waals surface area contributed by atoms with E-state index in [9.17, 15) is 4.79 Å². The van der Waals surface area contributed by atoms with E-state index in [1.54, 1.807) is 24.3 Å². The normalized spacial score (nSPS) is 10.2. The average Bonchev–Trinajstić information content (AvgIpc) is 2.38. The number of fused-ring (bicyclic) bond motifs is 1. The van der Waals surface area contributed by atoms with Gasteiger partial charge in [-0.25, -0.2) is 4.79 Å². The fraction of sp³-hybridized carbons (Fsp3) is 0.154. The Labute approximate surface area is 104 Å². The zero-order valence-corrected chi connectivity index (χ0v) is 9.67. The third-order valence-electron chi connectivity index (χ3n) is 2.39. The molecule has 0 atom stereocenters. The second kappa shape index (κ2) is 5.27. The van der Waals surface area contributed by atoms with Crippen LogP contribution in [-0.2, 0) is 0 Å². The average molecular weight is 244 g/mol. The Kier molecular flexibility index (Phi) is 3.52. The van der Waals surface area contributed by atoms with Gasteiger partial charge in [-0.2, -0.15) is 0 Å². The summed E-state index contributed by atoms with van der Waals surface area (Å²) in [4.78, 5) is 11.1. The van der Waals surface area contributed by atoms with E-state index in [4.69, 9.17) is 9.84 Å². The van der Waals surface area contributed by atoms with Crippen LogP contribution in [0.4, 0.5) is 0 Å². The highest BCUT2D eigenvalue weighted by molar-refractivity contribution is 5.96. The fourth-order valence-electron chi connectivity index (χ4n) is 1.56. The lowest BCUT2D eigenvalue weighted by Gasteiger charge is -2.09. The first kappa shape index (κ1) is 12.0. The standard InChI is InChI=1S/C13H12N2O3/c1-2-3-8-18-12-9-6-4-5-7-10(9)14-15-11(12)13(16)17/h2,4-7H,1,3,8H2,(H,16,17). The van der Waals surface area contributed by atoms with Gasteiger partial charge in [0.1, 0.15) is 0 Å². The lowest BCUT2D eigenvalue weighted by atomic mass is 10.2. The van der Waals surface area contributed by atoms with Crippen molar-refractivity contribution in [2.45, 2.75) is 6.42 Å². The number of benzene rings is 1. The maximum absolute atomic E-state index is 11.1. The van der Waals surface area contributed by atoms with E-state index in [0.717, 1.165) is 0 Å². The summed E-state index contributed by atoms with van der Waals surface area (Å²) in [6.45, 7) is 3.95. The fourth-order valence-corrected chi connectivity index (χ4v) is 1.56. The molecule has 1 heterocycles. The molecule has 0 saturated carbocycles. The number of carboxylic acids is 1. The van der Waals surface area contributed by atoms with Crippen molar-refractivity contribution in [1.29, 1.82) is 0 Å². The molecule has 0 saturated heterocycles. The van der Waals surface area contributed by atoms with Crippen molar-refractivity contribution in [2.75, 3.05) is 6.61 Å². The third kappa shape index (κ3) is 2.29. The predicted octanol–water partition coefficient (Wildman–Crippen LogP) is 2.28. The highest BCUT2D eigenvalue weighted by atomic mass is 16.5. The van der Waals surface area contributed by atoms with Gasteiger partial charge in [0.25, 0.3) is 0 Å². The summed E-state index contributed by atoms with van der Waals surface area (Å²) in [5.74, 6) is -0.892. The van der Waals surface area contributed by atoms with Gasteiger partial charge in [0.05, 0.1) is 12.1 Å². The molecular weight excluding hydrogens is 232 g/mol. The molecule has 2 aromatic rings. The minimum Gasteiger partial charge on any atom is -0.490 e. The van der Waals surface area contributed by atoms with E-state index in [0.29, 0.717) is 23.9 Å². The SMILES string of the molecule is C=CCCOc1c(C(=O)O)nnc2ccccc12. The molecule has 0 aliphatic rings. The topological polar surface area (TPSA) is 72.3 Å². The van der Waals surface area contributed by atoms with Crippen LogP contribution in [0.3, 0.4) is 0 Å². The predicted molar refractivity (Wildman–Crippen MR) is 66.8 cm³/mol. The largest absolute Gasteiger partial charge is 0.490 e. The molecular formula is C13H12N2O3. The van der Waals surface area contributed by atoms with Crippen molar-refractivity contribution in [1.82, 2.24) is 10.2 Å². The van der Waals surface area contributed by atoms with Crippen LogP contribution in [-0.4, -0.2) is 27.9 Å². The van der Waals surface area contributed by atoms with Gasteiger partial charge in [0.15, 0.2) is 5.75 Å². The van der Waals surface area contributed by atoms with Crippen LogP contribution in [0, 0.1) is 0 Å². The monoisotopic (exact) mass is 244 g/mol. The first-order chi connectivity index (χ1) is 8.74. The van der Waals surface area contributed by atoms with Crippen molar-refractivity contribution in [3.05, 3.63) is 42.6 Å². The minimum atomic E-state index is -1.15. The van der Waals surface area contributed by atoms with Crippen molar-refractivity contribution >= 4 is 16.9 Å². The van der Waals surface area contributed by atoms with Crippen molar-refractivity contribution in [2.24, 2.45) is 0 Å². The van der Waals surface area contributed by atoms with Crippen molar-refractivity contribution in [3.8, 4) is 5.75 Å². The smallest absolute Gasteiger partial charge is 0.360 e. The third-order valence-corrected chi connectivity index (χ3v) is 2.39. The quantitative estimate of drug-likeness (QED) is 0.645. The maximum atomic E-state index is 11.1. The number of carboxylic acid groups (broad SMARTS) is 1. The summed E-state index contributed by atoms with van der Waals surface area (Å²) < 4.78 is 5.50. The van der Waals surface area contributed by atoms with Gasteiger partial charge in [0, 0.05) is 5.39 Å². The second-order valence-corrected chi connectivity index (χ2v) is 3.63. The number of aromatic carboxylic acids is 1. The molecule has 0 fully saturated rings. The van der Waals surface area contributed by atoms with Gasteiger partial charge in [-0.15, -0.1) is 16.8 Å². The summed E-state index contributed by atoms with van der Waals surface area (Å²) in [6, 6.07) is 7.13. The summed E-state index contributed by atoms with van der Waals surface area (Å²) >= 11 is 0. The van der Waals surface area contributed by atoms with Crippen LogP contribution < -0.4 is 4.74 Å². The van der Waals surface area contributed by atoms with Crippen LogP contribution in [0.15, 0.2) is 36.9 Å². The Morgan fingerprint density at radius 3 is 2.89 bits per heavy atom. The number of nitrogens with zero attached hydrogens (tertiary/aromatic N) is 2. The minimum absolute atomic E-state index is 0.169. The van der Waals surface area contributed by atoms with E-state index in [1.165, 1.54) is 0 Å². The van der Waals surface area contributed by atoms with Gasteiger partial charge in [-0.3, -0.25) is 0 Å². The molecule has 2 rings (SSSR count). The molecule has 0 unspecified atom stereocenters. The number of hydrogen-bond donors (Lipinski definition) is 1. The number of hydrogen-bond acceptors (Lipinski definition) is 4. The number of carbonyl (C=O) groups is 1. The van der Waals surface area contributed by atoms with Crippen LogP contribution in [0.1, 0.15) is 16.9 Å². The van der Waals surface area contributed by atoms with E-state index in [2.05, 4.69) is 16.8 Å². The lowest BCUT2D eigenvalue weighted by molar-refractivity contribution is 0.0684. The molecule has 0 aliphatic carbocycles. The van der Waals surface area contributed by atoms with E-state index < -0.39 is 5.97 Å². The Morgan fingerprint density at radius 1 is 1.39 bits per heavy atom. The molecule has 0 amide bonds. The van der Waals surface area contributed by atoms with Gasteiger partial charge in [-0.1, -0.05) is 18.2 Å². The Balaban J connectivity index is 2.51. The van der Waals surface area contributed by atoms with Crippen LogP contribution in [0.5, 0.6) is 5.75 Å². The summed E-state index contributed by atoms with van der Waals surface area (Å²) in [5, 5.41) is 17.3. The molecule has 0 radical (unpaired) electrons. The molecule has 92 valence electrons. The van der Waals surface area contributed by atoms with Crippen molar-refractivity contribution < 1.29 is 14.6 Å². The molecule has 18 heavy (non-hydrogen) atoms. The zero-order chi connectivity index (χ0) is 13.0. The van der Waals surface area contributed by atoms with Crippen LogP contribution in [0.2, 0.25) is 0 Å². The van der Waals surface area contributed by atoms with Gasteiger partial charge >= 0.3 is 5.97 Å². The second-order valence-electron chi connectivity index (χ2n) is 3.63. The molecule has 1 N–H and O–H groups in total. The molecule has 5 nitrogen and oxygen atoms in total. The highest BCUT2D eigenvalue weighted by Crippen LogP contribution is 2.26. The van der Waals surface area contributed by atoms with Gasteiger partial charge < -0.3 is 9.84 Å². The summed E-state index contributed by atoms with van der Waals surface area (Å²) in [5.41, 5.74) is 0.439. The van der Waals surface area contributed by atoms with Gasteiger partial charge in [-0.05, 0) is 18.6 Å². The van der Waals surface area contributed by atoms with E-state index in [1.807, 2.05) is 6.07 Å². The molecule has 0 aliphatic heterocycles. The van der Waals surface area contributed by atoms with E-state index >= 15 is 0 Å². The molecule has 0 spiro atoms. The Hall–Kier alpha value is -2.43. The Bertz CT molecular complexity index is 596. The molecule has 5 heteroatoms. The molecule has 1 aromatic heterocycles. The lowest BCUT2D eigenvalue weighted by Crippen LogP contribution is -2.08. The van der Waals surface area contributed by atoms with Crippen LogP contribution >= 0.6 is 0 Å². The van der Waals surface area contributed by atoms with Crippen molar-refractivity contribution in [3.63, 3.8) is 0 Å². The number of rotatable bonds is 5.